The van der Waals surface area contributed by atoms with E-state index in [1.165, 1.54) is 0 Å². The summed E-state index contributed by atoms with van der Waals surface area (Å²) in [5.74, 6) is -0.0859. The first-order chi connectivity index (χ1) is 7.41. The maximum Gasteiger partial charge on any atom is 0.304 e. The summed E-state index contributed by atoms with van der Waals surface area (Å²) in [5.41, 5.74) is 1.76. The van der Waals surface area contributed by atoms with Crippen molar-refractivity contribution < 1.29 is 9.90 Å². The molecule has 0 radical (unpaired) electrons. The van der Waals surface area contributed by atoms with Crippen LogP contribution in [0.25, 0.3) is 0 Å². The molecule has 1 atom stereocenters. The molecule has 0 saturated carbocycles. The van der Waals surface area contributed by atoms with Gasteiger partial charge in [-0.05, 0) is 6.92 Å². The number of carbonyl (C=O) groups is 1. The molecule has 0 amide bonds. The summed E-state index contributed by atoms with van der Waals surface area (Å²) in [7, 11) is 1.84. The molecule has 0 saturated heterocycles. The molecule has 0 aliphatic rings. The van der Waals surface area contributed by atoms with Crippen molar-refractivity contribution in [3.8, 4) is 0 Å². The molecule has 1 N–H and O–H groups in total. The van der Waals surface area contributed by atoms with Crippen LogP contribution in [0.1, 0.15) is 24.7 Å². The quantitative estimate of drug-likeness (QED) is 0.886. The van der Waals surface area contributed by atoms with Crippen LogP contribution in [0.3, 0.4) is 0 Å². The van der Waals surface area contributed by atoms with E-state index < -0.39 is 5.97 Å². The second-order valence-corrected chi connectivity index (χ2v) is 5.49. The molecular weight excluding hydrogens is 248 g/mol. The molecule has 1 rings (SSSR count). The Morgan fingerprint density at radius 2 is 2.31 bits per heavy atom. The highest BCUT2D eigenvalue weighted by Gasteiger charge is 2.14. The lowest BCUT2D eigenvalue weighted by Crippen LogP contribution is -2.07. The number of aryl methyl sites for hydroxylation is 2. The first-order valence-corrected chi connectivity index (χ1v) is 6.35. The normalized spacial score (nSPS) is 12.8. The Kier molecular flexibility index (Phi) is 4.68. The lowest BCUT2D eigenvalue weighted by molar-refractivity contribution is -0.136. The van der Waals surface area contributed by atoms with Crippen molar-refractivity contribution in [2.24, 2.45) is 7.05 Å². The first-order valence-electron chi connectivity index (χ1n) is 4.93. The molecule has 1 unspecified atom stereocenters. The Hall–Kier alpha value is -0.680. The number of nitrogens with zero attached hydrogens (tertiary/aromatic N) is 2. The van der Waals surface area contributed by atoms with Crippen LogP contribution in [0.2, 0.25) is 5.02 Å². The van der Waals surface area contributed by atoms with Gasteiger partial charge in [-0.1, -0.05) is 18.5 Å². The van der Waals surface area contributed by atoms with E-state index >= 15 is 0 Å². The van der Waals surface area contributed by atoms with Gasteiger partial charge in [0.25, 0.3) is 0 Å². The lowest BCUT2D eigenvalue weighted by atomic mass is 10.3. The molecule has 0 fully saturated rings. The van der Waals surface area contributed by atoms with Crippen molar-refractivity contribution in [3.05, 3.63) is 16.4 Å². The number of halogens is 1. The highest BCUT2D eigenvalue weighted by atomic mass is 35.5. The van der Waals surface area contributed by atoms with Crippen LogP contribution in [-0.4, -0.2) is 26.1 Å². The van der Waals surface area contributed by atoms with E-state index in [9.17, 15) is 4.79 Å². The van der Waals surface area contributed by atoms with Gasteiger partial charge in [-0.3, -0.25) is 9.48 Å². The number of aromatic nitrogens is 2. The van der Waals surface area contributed by atoms with Crippen LogP contribution in [0.5, 0.6) is 0 Å². The molecule has 0 aliphatic heterocycles. The number of aliphatic carboxylic acids is 1. The Morgan fingerprint density at radius 1 is 1.69 bits per heavy atom. The van der Waals surface area contributed by atoms with Crippen molar-refractivity contribution in [3.63, 3.8) is 0 Å². The summed E-state index contributed by atoms with van der Waals surface area (Å²) < 4.78 is 1.75. The number of hydrogen-bond acceptors (Lipinski definition) is 3. The monoisotopic (exact) mass is 262 g/mol. The topological polar surface area (TPSA) is 55.1 Å². The maximum atomic E-state index is 10.5. The minimum absolute atomic E-state index is 0.0729. The SMILES string of the molecule is Cc1nn(C)c(CSC(C)CC(=O)O)c1Cl. The Morgan fingerprint density at radius 3 is 2.75 bits per heavy atom. The largest absolute Gasteiger partial charge is 0.481 e. The number of hydrogen-bond donors (Lipinski definition) is 1. The maximum absolute atomic E-state index is 10.5. The van der Waals surface area contributed by atoms with Crippen LogP contribution in [0.4, 0.5) is 0 Å². The van der Waals surface area contributed by atoms with Crippen molar-refractivity contribution in [2.45, 2.75) is 31.3 Å². The van der Waals surface area contributed by atoms with Gasteiger partial charge in [-0.2, -0.15) is 16.9 Å². The van der Waals surface area contributed by atoms with Gasteiger partial charge in [0.15, 0.2) is 0 Å². The van der Waals surface area contributed by atoms with Gasteiger partial charge in [-0.15, -0.1) is 0 Å². The number of carboxylic acid groups (broad SMARTS) is 1. The van der Waals surface area contributed by atoms with Gasteiger partial charge >= 0.3 is 5.97 Å². The summed E-state index contributed by atoms with van der Waals surface area (Å²) >= 11 is 7.66. The summed E-state index contributed by atoms with van der Waals surface area (Å²) in [6.45, 7) is 3.76. The van der Waals surface area contributed by atoms with Crippen LogP contribution in [-0.2, 0) is 17.6 Å². The van der Waals surface area contributed by atoms with Gasteiger partial charge < -0.3 is 5.11 Å². The van der Waals surface area contributed by atoms with Crippen molar-refractivity contribution in [1.82, 2.24) is 9.78 Å². The average Bonchev–Trinajstić information content (AvgIpc) is 2.38. The number of carboxylic acids is 1. The highest BCUT2D eigenvalue weighted by Crippen LogP contribution is 2.26. The van der Waals surface area contributed by atoms with Gasteiger partial charge in [0, 0.05) is 18.1 Å². The fourth-order valence-electron chi connectivity index (χ4n) is 1.36. The smallest absolute Gasteiger partial charge is 0.304 e. The average molecular weight is 263 g/mol. The Bertz CT molecular complexity index is 392. The minimum Gasteiger partial charge on any atom is -0.481 e. The van der Waals surface area contributed by atoms with E-state index in [-0.39, 0.29) is 11.7 Å². The molecule has 0 bridgehead atoms. The Balaban J connectivity index is 2.57. The van der Waals surface area contributed by atoms with E-state index in [0.29, 0.717) is 10.8 Å². The van der Waals surface area contributed by atoms with Crippen LogP contribution in [0, 0.1) is 6.92 Å². The van der Waals surface area contributed by atoms with Crippen molar-refractivity contribution in [1.29, 1.82) is 0 Å². The zero-order valence-electron chi connectivity index (χ0n) is 9.53. The van der Waals surface area contributed by atoms with E-state index in [1.54, 1.807) is 16.4 Å². The molecule has 90 valence electrons. The van der Waals surface area contributed by atoms with E-state index in [1.807, 2.05) is 20.9 Å². The highest BCUT2D eigenvalue weighted by molar-refractivity contribution is 7.99. The van der Waals surface area contributed by atoms with E-state index in [4.69, 9.17) is 16.7 Å². The summed E-state index contributed by atoms with van der Waals surface area (Å²) in [4.78, 5) is 10.5. The van der Waals surface area contributed by atoms with Crippen molar-refractivity contribution >= 4 is 29.3 Å². The third-order valence-corrected chi connectivity index (χ3v) is 3.90. The van der Waals surface area contributed by atoms with Gasteiger partial charge in [0.1, 0.15) is 0 Å². The fourth-order valence-corrected chi connectivity index (χ4v) is 2.70. The molecular formula is C10H15ClN2O2S. The predicted molar refractivity (Wildman–Crippen MR) is 66.0 cm³/mol. The third-order valence-electron chi connectivity index (χ3n) is 2.23. The van der Waals surface area contributed by atoms with Crippen LogP contribution >= 0.6 is 23.4 Å². The second kappa shape index (κ2) is 5.59. The molecule has 16 heavy (non-hydrogen) atoms. The lowest BCUT2D eigenvalue weighted by Gasteiger charge is -2.08. The van der Waals surface area contributed by atoms with Gasteiger partial charge in [0.2, 0.25) is 0 Å². The zero-order valence-corrected chi connectivity index (χ0v) is 11.1. The van der Waals surface area contributed by atoms with Crippen molar-refractivity contribution in [2.75, 3.05) is 0 Å². The molecule has 0 aliphatic carbocycles. The minimum atomic E-state index is -0.771. The zero-order chi connectivity index (χ0) is 12.3. The van der Waals surface area contributed by atoms with Gasteiger partial charge in [-0.25, -0.2) is 0 Å². The molecule has 1 aromatic rings. The van der Waals surface area contributed by atoms with Crippen LogP contribution in [0.15, 0.2) is 0 Å². The molecule has 0 aromatic carbocycles. The first kappa shape index (κ1) is 13.4. The van der Waals surface area contributed by atoms with Gasteiger partial charge in [0.05, 0.1) is 22.8 Å². The molecule has 4 nitrogen and oxygen atoms in total. The predicted octanol–water partition coefficient (Wildman–Crippen LogP) is 2.48. The number of thioether (sulfide) groups is 1. The third kappa shape index (κ3) is 3.42. The summed E-state index contributed by atoms with van der Waals surface area (Å²) in [6.07, 6.45) is 0.166. The number of rotatable bonds is 5. The fraction of sp³-hybridized carbons (Fsp3) is 0.600. The molecule has 0 spiro atoms. The summed E-state index contributed by atoms with van der Waals surface area (Å²) in [6, 6.07) is 0. The Labute approximate surface area is 104 Å². The van der Waals surface area contributed by atoms with Crippen LogP contribution < -0.4 is 0 Å². The van der Waals surface area contributed by atoms with E-state index in [2.05, 4.69) is 5.10 Å². The molecule has 1 heterocycles. The molecule has 1 aromatic heterocycles. The van der Waals surface area contributed by atoms with E-state index in [0.717, 1.165) is 11.4 Å². The molecule has 6 heteroatoms. The second-order valence-electron chi connectivity index (χ2n) is 3.69. The standard InChI is InChI=1S/C10H15ClN2O2S/c1-6(4-9(14)15)16-5-8-10(11)7(2)12-13(8)3/h6H,4-5H2,1-3H3,(H,14,15). The summed E-state index contributed by atoms with van der Waals surface area (Å²) in [5, 5.41) is 13.6.